The number of nitrogens with two attached hydrogens (primary N) is 1. The number of hydrogen-bond donors (Lipinski definition) is 1. The summed E-state index contributed by atoms with van der Waals surface area (Å²) in [5.41, 5.74) is 7.43. The average molecular weight is 306 g/mol. The fourth-order valence-corrected chi connectivity index (χ4v) is 3.65. The first-order valence-electron chi connectivity index (χ1n) is 7.45. The van der Waals surface area contributed by atoms with Crippen molar-refractivity contribution in [1.29, 1.82) is 0 Å². The van der Waals surface area contributed by atoms with Crippen LogP contribution in [-0.2, 0) is 0 Å². The predicted molar refractivity (Wildman–Crippen MR) is 83.9 cm³/mol. The summed E-state index contributed by atoms with van der Waals surface area (Å²) in [6.07, 6.45) is 3.54. The summed E-state index contributed by atoms with van der Waals surface area (Å²) in [6.45, 7) is 4.54. The first-order valence-corrected chi connectivity index (χ1v) is 7.83. The van der Waals surface area contributed by atoms with Crippen molar-refractivity contribution in [3.05, 3.63) is 23.2 Å². The van der Waals surface area contributed by atoms with Gasteiger partial charge in [0.2, 0.25) is 0 Å². The summed E-state index contributed by atoms with van der Waals surface area (Å²) in [5.74, 6) is 2.02. The molecule has 0 radical (unpaired) electrons. The van der Waals surface area contributed by atoms with E-state index in [9.17, 15) is 0 Å². The molecule has 21 heavy (non-hydrogen) atoms. The third-order valence-corrected chi connectivity index (χ3v) is 5.14. The molecule has 1 aromatic carbocycles. The van der Waals surface area contributed by atoms with Gasteiger partial charge in [-0.1, -0.05) is 37.9 Å². The third kappa shape index (κ3) is 2.39. The lowest BCUT2D eigenvalue weighted by Crippen LogP contribution is -2.18. The van der Waals surface area contributed by atoms with Crippen molar-refractivity contribution in [2.24, 2.45) is 11.8 Å². The number of nitrogen functional groups attached to an aromatic ring is 1. The summed E-state index contributed by atoms with van der Waals surface area (Å²) >= 11 is 6.11. The van der Waals surface area contributed by atoms with Crippen LogP contribution in [0.25, 0.3) is 11.4 Å². The number of anilines is 1. The molecule has 2 N–H and O–H groups in total. The number of rotatable bonds is 3. The van der Waals surface area contributed by atoms with Crippen molar-refractivity contribution in [2.75, 3.05) is 5.73 Å². The molecule has 0 aliphatic heterocycles. The summed E-state index contributed by atoms with van der Waals surface area (Å²) in [4.78, 5) is 0. The van der Waals surface area contributed by atoms with E-state index in [0.717, 1.165) is 17.9 Å². The van der Waals surface area contributed by atoms with Crippen molar-refractivity contribution >= 4 is 17.3 Å². The van der Waals surface area contributed by atoms with Gasteiger partial charge in [0.25, 0.3) is 0 Å². The minimum Gasteiger partial charge on any atom is -0.397 e. The number of hydrogen-bond acceptors (Lipinski definition) is 4. The van der Waals surface area contributed by atoms with E-state index in [1.807, 2.05) is 16.8 Å². The predicted octanol–water partition coefficient (Wildman–Crippen LogP) is 3.57. The van der Waals surface area contributed by atoms with Crippen molar-refractivity contribution in [3.8, 4) is 11.4 Å². The van der Waals surface area contributed by atoms with Gasteiger partial charge in [0.1, 0.15) is 0 Å². The van der Waals surface area contributed by atoms with Gasteiger partial charge in [-0.05, 0) is 47.2 Å². The molecule has 112 valence electrons. The molecule has 1 aliphatic rings. The Bertz CT molecular complexity index is 639. The van der Waals surface area contributed by atoms with E-state index in [0.29, 0.717) is 28.5 Å². The van der Waals surface area contributed by atoms with Gasteiger partial charge in [0.05, 0.1) is 16.8 Å². The monoisotopic (exact) mass is 305 g/mol. The quantitative estimate of drug-likeness (QED) is 0.880. The number of benzene rings is 1. The van der Waals surface area contributed by atoms with Crippen LogP contribution in [0, 0.1) is 11.8 Å². The fourth-order valence-electron chi connectivity index (χ4n) is 3.47. The molecule has 0 saturated heterocycles. The van der Waals surface area contributed by atoms with Crippen molar-refractivity contribution in [1.82, 2.24) is 20.2 Å². The highest BCUT2D eigenvalue weighted by Gasteiger charge is 2.35. The minimum absolute atomic E-state index is 0.332. The molecule has 0 bridgehead atoms. The zero-order chi connectivity index (χ0) is 15.0. The maximum atomic E-state index is 6.11. The van der Waals surface area contributed by atoms with Crippen LogP contribution in [0.1, 0.15) is 39.2 Å². The van der Waals surface area contributed by atoms with Crippen LogP contribution in [0.3, 0.4) is 0 Å². The van der Waals surface area contributed by atoms with Crippen LogP contribution < -0.4 is 5.73 Å². The Morgan fingerprint density at radius 2 is 2.19 bits per heavy atom. The molecule has 3 atom stereocenters. The van der Waals surface area contributed by atoms with Crippen LogP contribution in [0.5, 0.6) is 0 Å². The van der Waals surface area contributed by atoms with Gasteiger partial charge in [-0.2, -0.15) is 0 Å². The standard InChI is InChI=1S/C15H20ClN5/c1-3-10-7-8-13(9(10)2)21-15(18-19-20-21)11-5-4-6-12(16)14(11)17/h4-6,9-10,13H,3,7-8,17H2,1-2H3. The molecule has 2 aromatic rings. The molecule has 1 aliphatic carbocycles. The van der Waals surface area contributed by atoms with Crippen LogP contribution in [0.15, 0.2) is 18.2 Å². The lowest BCUT2D eigenvalue weighted by Gasteiger charge is -2.21. The summed E-state index contributed by atoms with van der Waals surface area (Å²) in [7, 11) is 0. The number of tetrazole rings is 1. The highest BCUT2D eigenvalue weighted by molar-refractivity contribution is 6.33. The number of nitrogens with zero attached hydrogens (tertiary/aromatic N) is 4. The zero-order valence-corrected chi connectivity index (χ0v) is 13.1. The largest absolute Gasteiger partial charge is 0.397 e. The average Bonchev–Trinajstić information content (AvgIpc) is 3.08. The Labute approximate surface area is 129 Å². The SMILES string of the molecule is CCC1CCC(n2nnnc2-c2cccc(Cl)c2N)C1C. The lowest BCUT2D eigenvalue weighted by atomic mass is 9.93. The maximum Gasteiger partial charge on any atom is 0.184 e. The number of halogens is 1. The van der Waals surface area contributed by atoms with Crippen molar-refractivity contribution < 1.29 is 0 Å². The normalized spacial score (nSPS) is 25.4. The van der Waals surface area contributed by atoms with Gasteiger partial charge >= 0.3 is 0 Å². The van der Waals surface area contributed by atoms with E-state index in [1.165, 1.54) is 12.8 Å². The molecule has 0 amide bonds. The van der Waals surface area contributed by atoms with Gasteiger partial charge in [-0.15, -0.1) is 5.10 Å². The minimum atomic E-state index is 0.332. The van der Waals surface area contributed by atoms with Crippen molar-refractivity contribution in [3.63, 3.8) is 0 Å². The molecule has 1 saturated carbocycles. The molecule has 3 rings (SSSR count). The first-order chi connectivity index (χ1) is 10.1. The summed E-state index contributed by atoms with van der Waals surface area (Å²) in [6, 6.07) is 5.90. The zero-order valence-electron chi connectivity index (χ0n) is 12.3. The van der Waals surface area contributed by atoms with Gasteiger partial charge in [-0.3, -0.25) is 0 Å². The van der Waals surface area contributed by atoms with Gasteiger partial charge in [-0.25, -0.2) is 4.68 Å². The topological polar surface area (TPSA) is 69.6 Å². The molecular formula is C15H20ClN5. The van der Waals surface area contributed by atoms with E-state index < -0.39 is 0 Å². The van der Waals surface area contributed by atoms with Gasteiger partial charge < -0.3 is 5.73 Å². The van der Waals surface area contributed by atoms with Crippen LogP contribution in [-0.4, -0.2) is 20.2 Å². The highest BCUT2D eigenvalue weighted by Crippen LogP contribution is 2.43. The Morgan fingerprint density at radius 3 is 2.90 bits per heavy atom. The lowest BCUT2D eigenvalue weighted by molar-refractivity contribution is 0.310. The second kappa shape index (κ2) is 5.64. The molecular weight excluding hydrogens is 286 g/mol. The van der Waals surface area contributed by atoms with E-state index in [4.69, 9.17) is 17.3 Å². The Balaban J connectivity index is 2.00. The summed E-state index contributed by atoms with van der Waals surface area (Å²) in [5, 5.41) is 12.8. The van der Waals surface area contributed by atoms with E-state index in [-0.39, 0.29) is 0 Å². The number of aromatic nitrogens is 4. The van der Waals surface area contributed by atoms with Crippen molar-refractivity contribution in [2.45, 2.75) is 39.2 Å². The van der Waals surface area contributed by atoms with Gasteiger partial charge in [0.15, 0.2) is 5.82 Å². The maximum absolute atomic E-state index is 6.11. The molecule has 1 fully saturated rings. The van der Waals surface area contributed by atoms with E-state index >= 15 is 0 Å². The van der Waals surface area contributed by atoms with Crippen LogP contribution in [0.4, 0.5) is 5.69 Å². The summed E-state index contributed by atoms with van der Waals surface area (Å²) < 4.78 is 1.93. The fraction of sp³-hybridized carbons (Fsp3) is 0.533. The van der Waals surface area contributed by atoms with Crippen LogP contribution >= 0.6 is 11.6 Å². The third-order valence-electron chi connectivity index (χ3n) is 4.81. The molecule has 3 unspecified atom stereocenters. The molecule has 1 aromatic heterocycles. The number of para-hydroxylation sites is 1. The molecule has 0 spiro atoms. The molecule has 6 heteroatoms. The second-order valence-corrected chi connectivity index (χ2v) is 6.23. The van der Waals surface area contributed by atoms with E-state index in [2.05, 4.69) is 29.4 Å². The molecule has 1 heterocycles. The van der Waals surface area contributed by atoms with Crippen LogP contribution in [0.2, 0.25) is 5.02 Å². The van der Waals surface area contributed by atoms with E-state index in [1.54, 1.807) is 6.07 Å². The first kappa shape index (κ1) is 14.3. The highest BCUT2D eigenvalue weighted by atomic mass is 35.5. The second-order valence-electron chi connectivity index (χ2n) is 5.82. The van der Waals surface area contributed by atoms with Gasteiger partial charge in [0, 0.05) is 5.56 Å². The molecule has 5 nitrogen and oxygen atoms in total. The Hall–Kier alpha value is -1.62. The Morgan fingerprint density at radius 1 is 1.38 bits per heavy atom. The Kier molecular flexibility index (Phi) is 3.85. The smallest absolute Gasteiger partial charge is 0.184 e.